The van der Waals surface area contributed by atoms with Gasteiger partial charge in [0, 0.05) is 17.9 Å². The van der Waals surface area contributed by atoms with Gasteiger partial charge in [-0.05, 0) is 36.9 Å². The maximum absolute atomic E-state index is 10.5. The number of hydrogen-bond acceptors (Lipinski definition) is 2. The Bertz CT molecular complexity index is 1050. The van der Waals surface area contributed by atoms with Gasteiger partial charge in [0.25, 0.3) is 10.1 Å². The van der Waals surface area contributed by atoms with Crippen molar-refractivity contribution in [2.24, 2.45) is 0 Å². The van der Waals surface area contributed by atoms with Crippen LogP contribution in [0.15, 0.2) is 71.9 Å². The molecule has 3 rings (SSSR count). The van der Waals surface area contributed by atoms with Crippen LogP contribution in [0.3, 0.4) is 0 Å². The summed E-state index contributed by atoms with van der Waals surface area (Å²) < 4.78 is 31.9. The minimum absolute atomic E-state index is 0.0666. The maximum atomic E-state index is 10.5. The Labute approximate surface area is 200 Å². The minimum Gasteiger partial charge on any atom is -0.282 e. The fourth-order valence-corrected chi connectivity index (χ4v) is 4.29. The van der Waals surface area contributed by atoms with E-state index in [1.54, 1.807) is 12.1 Å². The van der Waals surface area contributed by atoms with Crippen molar-refractivity contribution in [2.45, 2.75) is 89.5 Å². The summed E-state index contributed by atoms with van der Waals surface area (Å²) >= 11 is 0. The molecule has 0 bridgehead atoms. The van der Waals surface area contributed by atoms with Gasteiger partial charge in [-0.3, -0.25) is 4.55 Å². The van der Waals surface area contributed by atoms with Crippen molar-refractivity contribution in [1.29, 1.82) is 0 Å². The first-order valence-electron chi connectivity index (χ1n) is 12.3. The number of aryl methyl sites for hydroxylation is 2. The van der Waals surface area contributed by atoms with E-state index in [1.807, 2.05) is 6.92 Å². The second kappa shape index (κ2) is 14.8. The van der Waals surface area contributed by atoms with Crippen LogP contribution in [-0.2, 0) is 16.7 Å². The van der Waals surface area contributed by atoms with E-state index in [-0.39, 0.29) is 4.90 Å². The molecular weight excluding hydrogens is 430 g/mol. The highest BCUT2D eigenvalue weighted by Gasteiger charge is 2.07. The van der Waals surface area contributed by atoms with E-state index < -0.39 is 10.1 Å². The molecule has 0 radical (unpaired) electrons. The largest absolute Gasteiger partial charge is 0.294 e. The molecule has 0 aliphatic rings. The van der Waals surface area contributed by atoms with Gasteiger partial charge in [-0.15, -0.1) is 0 Å². The van der Waals surface area contributed by atoms with Crippen molar-refractivity contribution >= 4 is 20.9 Å². The normalized spacial score (nSPS) is 11.2. The van der Waals surface area contributed by atoms with Crippen LogP contribution >= 0.6 is 0 Å². The molecule has 4 nitrogen and oxygen atoms in total. The highest BCUT2D eigenvalue weighted by molar-refractivity contribution is 7.85. The lowest BCUT2D eigenvalue weighted by Gasteiger charge is -2.02. The first-order chi connectivity index (χ1) is 15.9. The molecule has 1 heterocycles. The van der Waals surface area contributed by atoms with Crippen molar-refractivity contribution in [3.8, 4) is 0 Å². The van der Waals surface area contributed by atoms with Crippen LogP contribution in [0.2, 0.25) is 0 Å². The number of pyridine rings is 1. The summed E-state index contributed by atoms with van der Waals surface area (Å²) in [4.78, 5) is -0.0666. The van der Waals surface area contributed by atoms with Crippen LogP contribution in [0.5, 0.6) is 0 Å². The van der Waals surface area contributed by atoms with E-state index in [2.05, 4.69) is 54.2 Å². The van der Waals surface area contributed by atoms with Crippen molar-refractivity contribution in [2.75, 3.05) is 0 Å². The molecule has 0 unspecified atom stereocenters. The molecule has 0 aliphatic heterocycles. The van der Waals surface area contributed by atoms with Gasteiger partial charge >= 0.3 is 0 Å². The first kappa shape index (κ1) is 27.0. The van der Waals surface area contributed by atoms with Crippen molar-refractivity contribution in [3.63, 3.8) is 0 Å². The van der Waals surface area contributed by atoms with Gasteiger partial charge in [-0.2, -0.15) is 8.42 Å². The minimum atomic E-state index is -4.02. The fraction of sp³-hybridized carbons (Fsp3) is 0.464. The molecule has 0 amide bonds. The monoisotopic (exact) mass is 470 g/mol. The van der Waals surface area contributed by atoms with Gasteiger partial charge in [-0.1, -0.05) is 94.2 Å². The molecule has 5 heteroatoms. The Hall–Kier alpha value is -2.24. The third-order valence-electron chi connectivity index (χ3n) is 5.84. The Balaban J connectivity index is 0.000000294. The van der Waals surface area contributed by atoms with Gasteiger partial charge < -0.3 is 0 Å². The first-order valence-corrected chi connectivity index (χ1v) is 13.8. The number of nitrogens with zero attached hydrogens (tertiary/aromatic N) is 1. The molecule has 1 aromatic heterocycles. The molecule has 0 aliphatic carbocycles. The average Bonchev–Trinajstić information content (AvgIpc) is 2.80. The third-order valence-corrected chi connectivity index (χ3v) is 6.70. The zero-order valence-electron chi connectivity index (χ0n) is 20.2. The molecular formula is C28H40NO3S+. The third kappa shape index (κ3) is 11.0. The number of unbranched alkanes of at least 4 members (excludes halogenated alkanes) is 9. The number of aromatic nitrogens is 1. The maximum Gasteiger partial charge on any atom is 0.294 e. The molecule has 2 aromatic carbocycles. The van der Waals surface area contributed by atoms with Gasteiger partial charge in [0.2, 0.25) is 0 Å². The van der Waals surface area contributed by atoms with Crippen LogP contribution < -0.4 is 4.57 Å². The predicted molar refractivity (Wildman–Crippen MR) is 137 cm³/mol. The Kier molecular flexibility index (Phi) is 12.1. The zero-order valence-corrected chi connectivity index (χ0v) is 21.1. The van der Waals surface area contributed by atoms with E-state index >= 15 is 0 Å². The highest BCUT2D eigenvalue weighted by Crippen LogP contribution is 2.12. The Morgan fingerprint density at radius 1 is 0.727 bits per heavy atom. The standard InChI is InChI=1S/C21H32N.C7H8O3S/c1-2-3-4-5-6-7-8-9-10-13-17-22-18-16-20-14-11-12-15-21(20)19-22;1-6-2-4-7(5-3-6)11(8,9)10/h11-12,14-16,18-19H,2-10,13,17H2,1H3;2-5H,1H3,(H,8,9,10)/q+1;. The number of benzene rings is 2. The van der Waals surface area contributed by atoms with Crippen LogP contribution in [0, 0.1) is 6.92 Å². The number of fused-ring (bicyclic) bond motifs is 1. The predicted octanol–water partition coefficient (Wildman–Crippen LogP) is 7.29. The van der Waals surface area contributed by atoms with Crippen molar-refractivity contribution in [3.05, 3.63) is 72.6 Å². The summed E-state index contributed by atoms with van der Waals surface area (Å²) in [5.41, 5.74) is 0.956. The topological polar surface area (TPSA) is 58.2 Å². The SMILES string of the molecule is CCCCCCCCCCCC[n+]1ccc2ccccc2c1.Cc1ccc(S(=O)(=O)O)cc1. The Morgan fingerprint density at radius 3 is 1.85 bits per heavy atom. The zero-order chi connectivity index (χ0) is 23.9. The molecule has 1 N–H and O–H groups in total. The fourth-order valence-electron chi connectivity index (χ4n) is 3.81. The molecule has 0 saturated carbocycles. The summed E-state index contributed by atoms with van der Waals surface area (Å²) in [6.07, 6.45) is 18.5. The Morgan fingerprint density at radius 2 is 1.27 bits per heavy atom. The van der Waals surface area contributed by atoms with Crippen LogP contribution in [0.1, 0.15) is 76.7 Å². The van der Waals surface area contributed by atoms with Gasteiger partial charge in [0.1, 0.15) is 6.54 Å². The molecule has 0 saturated heterocycles. The van der Waals surface area contributed by atoms with Gasteiger partial charge in [-0.25, -0.2) is 4.57 Å². The van der Waals surface area contributed by atoms with Gasteiger partial charge in [0.05, 0.1) is 4.90 Å². The second-order valence-corrected chi connectivity index (χ2v) is 10.2. The smallest absolute Gasteiger partial charge is 0.282 e. The average molecular weight is 471 g/mol. The van der Waals surface area contributed by atoms with E-state index in [1.165, 1.54) is 87.1 Å². The molecule has 0 spiro atoms. The summed E-state index contributed by atoms with van der Waals surface area (Å²) in [6, 6.07) is 16.8. The highest BCUT2D eigenvalue weighted by atomic mass is 32.2. The number of hydrogen-bond donors (Lipinski definition) is 1. The summed E-state index contributed by atoms with van der Waals surface area (Å²) in [6.45, 7) is 5.28. The van der Waals surface area contributed by atoms with E-state index in [9.17, 15) is 8.42 Å². The molecule has 0 fully saturated rings. The lowest BCUT2D eigenvalue weighted by molar-refractivity contribution is -0.696. The molecule has 0 atom stereocenters. The summed E-state index contributed by atoms with van der Waals surface area (Å²) in [7, 11) is -4.02. The lowest BCUT2D eigenvalue weighted by atomic mass is 10.1. The quantitative estimate of drug-likeness (QED) is 0.172. The van der Waals surface area contributed by atoms with E-state index in [0.717, 1.165) is 12.1 Å². The molecule has 3 aromatic rings. The van der Waals surface area contributed by atoms with Crippen LogP contribution in [-0.4, -0.2) is 13.0 Å². The van der Waals surface area contributed by atoms with E-state index in [4.69, 9.17) is 4.55 Å². The number of rotatable bonds is 12. The second-order valence-electron chi connectivity index (χ2n) is 8.78. The summed E-state index contributed by atoms with van der Waals surface area (Å²) in [5.74, 6) is 0. The molecule has 33 heavy (non-hydrogen) atoms. The lowest BCUT2D eigenvalue weighted by Crippen LogP contribution is -2.32. The van der Waals surface area contributed by atoms with Crippen LogP contribution in [0.4, 0.5) is 0 Å². The van der Waals surface area contributed by atoms with E-state index in [0.29, 0.717) is 0 Å². The summed E-state index contributed by atoms with van der Waals surface area (Å²) in [5, 5.41) is 2.68. The molecule has 180 valence electrons. The van der Waals surface area contributed by atoms with Crippen molar-refractivity contribution < 1.29 is 17.5 Å². The van der Waals surface area contributed by atoms with Crippen LogP contribution in [0.25, 0.3) is 10.8 Å². The van der Waals surface area contributed by atoms with Gasteiger partial charge in [0.15, 0.2) is 12.4 Å². The van der Waals surface area contributed by atoms with Crippen molar-refractivity contribution in [1.82, 2.24) is 0 Å².